The zero-order valence-corrected chi connectivity index (χ0v) is 14.2. The van der Waals surface area contributed by atoms with Crippen molar-refractivity contribution in [2.75, 3.05) is 4.90 Å². The molecule has 0 radical (unpaired) electrons. The van der Waals surface area contributed by atoms with Gasteiger partial charge >= 0.3 is 6.09 Å². The highest BCUT2D eigenvalue weighted by Crippen LogP contribution is 2.35. The van der Waals surface area contributed by atoms with E-state index in [9.17, 15) is 9.90 Å². The van der Waals surface area contributed by atoms with E-state index in [2.05, 4.69) is 9.97 Å². The van der Waals surface area contributed by atoms with E-state index in [0.29, 0.717) is 22.5 Å². The molecule has 0 aliphatic heterocycles. The maximum Gasteiger partial charge on any atom is 0.417 e. The first-order chi connectivity index (χ1) is 13.2. The number of nitrogens with zero attached hydrogens (tertiary/aromatic N) is 3. The summed E-state index contributed by atoms with van der Waals surface area (Å²) in [7, 11) is 0. The lowest BCUT2D eigenvalue weighted by Gasteiger charge is -2.20. The molecule has 0 fully saturated rings. The van der Waals surface area contributed by atoms with Gasteiger partial charge in [-0.15, -0.1) is 0 Å². The van der Waals surface area contributed by atoms with Crippen molar-refractivity contribution in [1.82, 2.24) is 9.97 Å². The van der Waals surface area contributed by atoms with Crippen LogP contribution in [0.4, 0.5) is 16.3 Å². The monoisotopic (exact) mass is 357 g/mol. The fraction of sp³-hybridized carbons (Fsp3) is 0. The van der Waals surface area contributed by atoms with Crippen LogP contribution in [0.5, 0.6) is 11.6 Å². The molecule has 0 spiro atoms. The van der Waals surface area contributed by atoms with Crippen LogP contribution in [0.25, 0.3) is 11.0 Å². The van der Waals surface area contributed by atoms with E-state index in [1.165, 1.54) is 0 Å². The number of hydrogen-bond donors (Lipinski definition) is 1. The second-order valence-electron chi connectivity index (χ2n) is 5.71. The Balaban J connectivity index is 1.91. The molecule has 6 nitrogen and oxygen atoms in total. The van der Waals surface area contributed by atoms with Gasteiger partial charge in [-0.05, 0) is 36.4 Å². The molecule has 27 heavy (non-hydrogen) atoms. The lowest BCUT2D eigenvalue weighted by atomic mass is 10.2. The van der Waals surface area contributed by atoms with Crippen LogP contribution in [0.15, 0.2) is 84.9 Å². The first-order valence-electron chi connectivity index (χ1n) is 8.30. The predicted molar refractivity (Wildman–Crippen MR) is 103 cm³/mol. The second-order valence-corrected chi connectivity index (χ2v) is 5.71. The van der Waals surface area contributed by atoms with E-state index in [-0.39, 0.29) is 11.7 Å². The number of aromatic nitrogens is 2. The summed E-state index contributed by atoms with van der Waals surface area (Å²) in [4.78, 5) is 22.1. The quantitative estimate of drug-likeness (QED) is 0.541. The summed E-state index contributed by atoms with van der Waals surface area (Å²) >= 11 is 0. The molecule has 1 heterocycles. The van der Waals surface area contributed by atoms with E-state index in [0.717, 1.165) is 4.90 Å². The highest BCUT2D eigenvalue weighted by atomic mass is 16.5. The Bertz CT molecular complexity index is 1090. The van der Waals surface area contributed by atoms with Gasteiger partial charge in [0.05, 0.1) is 16.7 Å². The van der Waals surface area contributed by atoms with E-state index in [1.807, 2.05) is 36.4 Å². The minimum atomic E-state index is -1.18. The van der Waals surface area contributed by atoms with E-state index in [4.69, 9.17) is 4.74 Å². The molecule has 0 bridgehead atoms. The minimum absolute atomic E-state index is 0.108. The predicted octanol–water partition coefficient (Wildman–Crippen LogP) is 5.24. The van der Waals surface area contributed by atoms with Crippen LogP contribution in [0, 0.1) is 0 Å². The third-order valence-corrected chi connectivity index (χ3v) is 3.90. The minimum Gasteiger partial charge on any atom is -0.464 e. The molecule has 0 saturated heterocycles. The molecule has 1 N–H and O–H groups in total. The molecule has 132 valence electrons. The van der Waals surface area contributed by atoms with E-state index in [1.54, 1.807) is 48.5 Å². The molecule has 0 atom stereocenters. The fourth-order valence-corrected chi connectivity index (χ4v) is 2.69. The SMILES string of the molecule is O=C(O)N(c1ccccc1)c1nc2ccccc2nc1Oc1ccccc1. The van der Waals surface area contributed by atoms with Crippen LogP contribution >= 0.6 is 0 Å². The van der Waals surface area contributed by atoms with Crippen molar-refractivity contribution < 1.29 is 14.6 Å². The number of rotatable bonds is 4. The summed E-state index contributed by atoms with van der Waals surface area (Å²) in [6.07, 6.45) is -1.18. The second kappa shape index (κ2) is 7.13. The van der Waals surface area contributed by atoms with Crippen molar-refractivity contribution in [2.45, 2.75) is 0 Å². The van der Waals surface area contributed by atoms with Crippen LogP contribution in [0.1, 0.15) is 0 Å². The molecule has 3 aromatic carbocycles. The van der Waals surface area contributed by atoms with Crippen molar-refractivity contribution in [3.63, 3.8) is 0 Å². The molecular formula is C21H15N3O3. The van der Waals surface area contributed by atoms with E-state index < -0.39 is 6.09 Å². The maximum atomic E-state index is 12.0. The lowest BCUT2D eigenvalue weighted by Crippen LogP contribution is -2.25. The zero-order chi connectivity index (χ0) is 18.6. The van der Waals surface area contributed by atoms with Gasteiger partial charge in [-0.2, -0.15) is 0 Å². The fourth-order valence-electron chi connectivity index (χ4n) is 2.69. The van der Waals surface area contributed by atoms with Crippen LogP contribution in [-0.2, 0) is 0 Å². The average Bonchev–Trinajstić information content (AvgIpc) is 2.70. The van der Waals surface area contributed by atoms with Gasteiger partial charge in [0.2, 0.25) is 5.82 Å². The number of ether oxygens (including phenoxy) is 1. The summed E-state index contributed by atoms with van der Waals surface area (Å²) in [5.74, 6) is 0.768. The lowest BCUT2D eigenvalue weighted by molar-refractivity contribution is 0.204. The summed E-state index contributed by atoms with van der Waals surface area (Å²) in [6.45, 7) is 0. The Kier molecular flexibility index (Phi) is 4.37. The van der Waals surface area contributed by atoms with Crippen molar-refractivity contribution in [3.05, 3.63) is 84.9 Å². The maximum absolute atomic E-state index is 12.0. The van der Waals surface area contributed by atoms with Gasteiger partial charge in [-0.1, -0.05) is 48.5 Å². The smallest absolute Gasteiger partial charge is 0.417 e. The van der Waals surface area contributed by atoms with Crippen molar-refractivity contribution in [1.29, 1.82) is 0 Å². The molecule has 0 aliphatic rings. The Morgan fingerprint density at radius 1 is 0.778 bits per heavy atom. The van der Waals surface area contributed by atoms with Gasteiger partial charge in [0.25, 0.3) is 5.88 Å². The van der Waals surface area contributed by atoms with Crippen LogP contribution in [-0.4, -0.2) is 21.2 Å². The molecule has 6 heteroatoms. The van der Waals surface area contributed by atoms with Crippen LogP contribution in [0.3, 0.4) is 0 Å². The van der Waals surface area contributed by atoms with Gasteiger partial charge in [0, 0.05) is 0 Å². The van der Waals surface area contributed by atoms with Gasteiger partial charge < -0.3 is 9.84 Å². The molecule has 0 aliphatic carbocycles. The Labute approximate surface area is 155 Å². The topological polar surface area (TPSA) is 75.5 Å². The molecule has 0 unspecified atom stereocenters. The summed E-state index contributed by atoms with van der Waals surface area (Å²) in [5.41, 5.74) is 1.65. The number of benzene rings is 3. The van der Waals surface area contributed by atoms with Crippen molar-refractivity contribution in [2.24, 2.45) is 0 Å². The number of hydrogen-bond acceptors (Lipinski definition) is 4. The van der Waals surface area contributed by atoms with Gasteiger partial charge in [0.1, 0.15) is 5.75 Å². The normalized spacial score (nSPS) is 10.5. The number of amides is 1. The number of para-hydroxylation sites is 4. The van der Waals surface area contributed by atoms with Gasteiger partial charge in [-0.3, -0.25) is 0 Å². The zero-order valence-electron chi connectivity index (χ0n) is 14.2. The summed E-state index contributed by atoms with van der Waals surface area (Å²) in [5, 5.41) is 9.85. The van der Waals surface area contributed by atoms with Crippen molar-refractivity contribution in [3.8, 4) is 11.6 Å². The van der Waals surface area contributed by atoms with Crippen LogP contribution < -0.4 is 9.64 Å². The summed E-state index contributed by atoms with van der Waals surface area (Å²) < 4.78 is 5.89. The number of carboxylic acid groups (broad SMARTS) is 1. The number of anilines is 2. The van der Waals surface area contributed by atoms with Crippen molar-refractivity contribution >= 4 is 28.6 Å². The highest BCUT2D eigenvalue weighted by molar-refractivity contribution is 5.96. The molecule has 1 aromatic heterocycles. The third-order valence-electron chi connectivity index (χ3n) is 3.90. The average molecular weight is 357 g/mol. The highest BCUT2D eigenvalue weighted by Gasteiger charge is 2.25. The standard InChI is InChI=1S/C21H15N3O3/c25-21(26)24(15-9-3-1-4-10-15)19-20(27-16-11-5-2-6-12-16)23-18-14-8-7-13-17(18)22-19/h1-14H,(H,25,26). The third kappa shape index (κ3) is 3.41. The molecule has 1 amide bonds. The van der Waals surface area contributed by atoms with Gasteiger partial charge in [-0.25, -0.2) is 19.7 Å². The van der Waals surface area contributed by atoms with E-state index >= 15 is 0 Å². The Morgan fingerprint density at radius 3 is 1.96 bits per heavy atom. The molecule has 0 saturated carbocycles. The largest absolute Gasteiger partial charge is 0.464 e. The van der Waals surface area contributed by atoms with Gasteiger partial charge in [0.15, 0.2) is 0 Å². The first kappa shape index (κ1) is 16.5. The molecule has 4 aromatic rings. The number of carbonyl (C=O) groups is 1. The molecular weight excluding hydrogens is 342 g/mol. The first-order valence-corrected chi connectivity index (χ1v) is 8.30. The van der Waals surface area contributed by atoms with Crippen LogP contribution in [0.2, 0.25) is 0 Å². The molecule has 4 rings (SSSR count). The Hall–Kier alpha value is -3.93. The summed E-state index contributed by atoms with van der Waals surface area (Å²) in [6, 6.07) is 25.0. The Morgan fingerprint density at radius 2 is 1.33 bits per heavy atom. The number of fused-ring (bicyclic) bond motifs is 1.